The van der Waals surface area contributed by atoms with Gasteiger partial charge in [-0.05, 0) is 45.0 Å². The maximum absolute atomic E-state index is 12.7. The molecule has 1 aliphatic heterocycles. The Kier molecular flexibility index (Phi) is 7.38. The van der Waals surface area contributed by atoms with Gasteiger partial charge in [0.25, 0.3) is 0 Å². The monoisotopic (exact) mass is 470 g/mol. The first-order valence-electron chi connectivity index (χ1n) is 11.1. The summed E-state index contributed by atoms with van der Waals surface area (Å²) < 4.78 is 5.36. The second-order valence-electron chi connectivity index (χ2n) is 9.17. The zero-order valence-electron chi connectivity index (χ0n) is 19.9. The van der Waals surface area contributed by atoms with Gasteiger partial charge >= 0.3 is 12.1 Å². The summed E-state index contributed by atoms with van der Waals surface area (Å²) in [7, 11) is 1.59. The second-order valence-corrected chi connectivity index (χ2v) is 9.17. The van der Waals surface area contributed by atoms with E-state index in [2.05, 4.69) is 4.98 Å². The van der Waals surface area contributed by atoms with Gasteiger partial charge < -0.3 is 24.5 Å². The zero-order valence-corrected chi connectivity index (χ0v) is 19.9. The Hall–Kier alpha value is -3.69. The predicted octanol–water partition coefficient (Wildman–Crippen LogP) is 2.76. The molecule has 2 heterocycles. The molecule has 1 aromatic heterocycles. The third kappa shape index (κ3) is 6.00. The van der Waals surface area contributed by atoms with Gasteiger partial charge in [-0.25, -0.2) is 9.59 Å². The van der Waals surface area contributed by atoms with Crippen LogP contribution in [-0.4, -0.2) is 82.6 Å². The average Bonchev–Trinajstić information content (AvgIpc) is 2.79. The molecule has 1 saturated heterocycles. The highest BCUT2D eigenvalue weighted by molar-refractivity contribution is 6.04. The van der Waals surface area contributed by atoms with Crippen molar-refractivity contribution < 1.29 is 29.0 Å². The largest absolute Gasteiger partial charge is 0.478 e. The van der Waals surface area contributed by atoms with Gasteiger partial charge in [0.15, 0.2) is 0 Å². The number of nitrogens with zero attached hydrogens (tertiary/aromatic N) is 4. The van der Waals surface area contributed by atoms with Crippen LogP contribution in [0.5, 0.6) is 0 Å². The molecule has 1 aromatic carbocycles. The molecule has 0 aliphatic carbocycles. The van der Waals surface area contributed by atoms with E-state index in [1.807, 2.05) is 0 Å². The van der Waals surface area contributed by atoms with Gasteiger partial charge in [0.05, 0.1) is 11.1 Å². The van der Waals surface area contributed by atoms with E-state index in [0.717, 1.165) is 0 Å². The molecule has 1 aliphatic rings. The first kappa shape index (κ1) is 24.9. The molecule has 1 N–H and O–H groups in total. The van der Waals surface area contributed by atoms with Crippen LogP contribution in [0.3, 0.4) is 0 Å². The van der Waals surface area contributed by atoms with E-state index < -0.39 is 17.7 Å². The van der Waals surface area contributed by atoms with Crippen LogP contribution in [0.15, 0.2) is 30.5 Å². The smallest absolute Gasteiger partial charge is 0.410 e. The number of fused-ring (bicyclic) bond motifs is 1. The number of hydrogen-bond donors (Lipinski definition) is 1. The normalized spacial score (nSPS) is 14.1. The summed E-state index contributed by atoms with van der Waals surface area (Å²) in [4.78, 5) is 57.8. The molecule has 182 valence electrons. The lowest BCUT2D eigenvalue weighted by Gasteiger charge is -2.35. The number of benzene rings is 1. The number of piperazine rings is 1. The first-order chi connectivity index (χ1) is 16.0. The molecule has 0 saturated carbocycles. The van der Waals surface area contributed by atoms with Crippen molar-refractivity contribution in [3.63, 3.8) is 0 Å². The number of rotatable bonds is 5. The van der Waals surface area contributed by atoms with Crippen molar-refractivity contribution in [2.45, 2.75) is 39.2 Å². The Bertz CT molecular complexity index is 1100. The number of aromatic nitrogens is 1. The number of ether oxygens (including phenoxy) is 1. The summed E-state index contributed by atoms with van der Waals surface area (Å²) in [5, 5.41) is 9.84. The number of amides is 3. The topological polar surface area (TPSA) is 120 Å². The minimum Gasteiger partial charge on any atom is -0.478 e. The van der Waals surface area contributed by atoms with E-state index in [0.29, 0.717) is 42.8 Å². The van der Waals surface area contributed by atoms with Gasteiger partial charge in [0.2, 0.25) is 11.8 Å². The third-order valence-corrected chi connectivity index (χ3v) is 5.55. The van der Waals surface area contributed by atoms with Gasteiger partial charge in [-0.1, -0.05) is 0 Å². The predicted molar refractivity (Wildman–Crippen MR) is 126 cm³/mol. The molecule has 0 bridgehead atoms. The summed E-state index contributed by atoms with van der Waals surface area (Å²) in [6, 6.07) is 6.38. The fourth-order valence-corrected chi connectivity index (χ4v) is 3.68. The van der Waals surface area contributed by atoms with Gasteiger partial charge in [-0.3, -0.25) is 14.6 Å². The van der Waals surface area contributed by atoms with Crippen molar-refractivity contribution in [2.75, 3.05) is 38.1 Å². The van der Waals surface area contributed by atoms with Gasteiger partial charge in [0.1, 0.15) is 5.60 Å². The highest BCUT2D eigenvalue weighted by Crippen LogP contribution is 2.24. The Morgan fingerprint density at radius 3 is 2.29 bits per heavy atom. The van der Waals surface area contributed by atoms with Crippen LogP contribution in [0.1, 0.15) is 44.0 Å². The number of pyridine rings is 1. The lowest BCUT2D eigenvalue weighted by molar-refractivity contribution is -0.134. The van der Waals surface area contributed by atoms with Crippen LogP contribution >= 0.6 is 0 Å². The molecule has 0 radical (unpaired) electrons. The molecule has 3 rings (SSSR count). The summed E-state index contributed by atoms with van der Waals surface area (Å²) in [6.07, 6.45) is 1.09. The summed E-state index contributed by atoms with van der Waals surface area (Å²) in [5.41, 5.74) is 0.567. The quantitative estimate of drug-likeness (QED) is 0.713. The van der Waals surface area contributed by atoms with E-state index in [-0.39, 0.29) is 30.2 Å². The summed E-state index contributed by atoms with van der Waals surface area (Å²) in [5.74, 6) is -1.49. The summed E-state index contributed by atoms with van der Waals surface area (Å²) in [6.45, 7) is 6.95. The Balaban J connectivity index is 1.55. The molecule has 2 aromatic rings. The number of carbonyl (C=O) groups is 4. The minimum atomic E-state index is -1.07. The number of hydrogen-bond acceptors (Lipinski definition) is 6. The highest BCUT2D eigenvalue weighted by atomic mass is 16.6. The van der Waals surface area contributed by atoms with Crippen LogP contribution in [0, 0.1) is 0 Å². The van der Waals surface area contributed by atoms with Crippen LogP contribution in [0.2, 0.25) is 0 Å². The third-order valence-electron chi connectivity index (χ3n) is 5.55. The van der Waals surface area contributed by atoms with Crippen LogP contribution in [0.4, 0.5) is 10.5 Å². The number of carboxylic acids is 1. The van der Waals surface area contributed by atoms with Crippen molar-refractivity contribution in [3.05, 3.63) is 36.0 Å². The van der Waals surface area contributed by atoms with E-state index in [1.54, 1.807) is 55.8 Å². The Morgan fingerprint density at radius 2 is 1.68 bits per heavy atom. The van der Waals surface area contributed by atoms with Crippen molar-refractivity contribution in [2.24, 2.45) is 0 Å². The molecule has 0 unspecified atom stereocenters. The second kappa shape index (κ2) is 10.1. The number of carboxylic acid groups (broad SMARTS) is 1. The van der Waals surface area contributed by atoms with Crippen LogP contribution < -0.4 is 4.90 Å². The molecule has 10 nitrogen and oxygen atoms in total. The average molecular weight is 471 g/mol. The van der Waals surface area contributed by atoms with E-state index >= 15 is 0 Å². The maximum atomic E-state index is 12.7. The van der Waals surface area contributed by atoms with Gasteiger partial charge in [-0.2, -0.15) is 0 Å². The van der Waals surface area contributed by atoms with E-state index in [9.17, 15) is 24.3 Å². The van der Waals surface area contributed by atoms with E-state index in [4.69, 9.17) is 4.74 Å². The fourth-order valence-electron chi connectivity index (χ4n) is 3.68. The van der Waals surface area contributed by atoms with Crippen molar-refractivity contribution in [1.29, 1.82) is 0 Å². The molecule has 0 spiro atoms. The van der Waals surface area contributed by atoms with Crippen molar-refractivity contribution in [3.8, 4) is 0 Å². The summed E-state index contributed by atoms with van der Waals surface area (Å²) >= 11 is 0. The number of aromatic carboxylic acids is 1. The Labute approximate surface area is 198 Å². The van der Waals surface area contributed by atoms with Crippen LogP contribution in [0.25, 0.3) is 10.9 Å². The fraction of sp³-hybridized carbons (Fsp3) is 0.458. The van der Waals surface area contributed by atoms with Gasteiger partial charge in [0, 0.05) is 63.3 Å². The van der Waals surface area contributed by atoms with Crippen molar-refractivity contribution in [1.82, 2.24) is 14.8 Å². The highest BCUT2D eigenvalue weighted by Gasteiger charge is 2.28. The first-order valence-corrected chi connectivity index (χ1v) is 11.1. The SMILES string of the molecule is CN(C(=O)CCC(=O)N1CCN(C(=O)OC(C)(C)C)CC1)c1ccc2nccc(C(=O)O)c2c1. The lowest BCUT2D eigenvalue weighted by atomic mass is 10.1. The molecule has 1 fully saturated rings. The van der Waals surface area contributed by atoms with E-state index in [1.165, 1.54) is 17.2 Å². The number of carbonyl (C=O) groups excluding carboxylic acids is 3. The van der Waals surface area contributed by atoms with Gasteiger partial charge in [-0.15, -0.1) is 0 Å². The maximum Gasteiger partial charge on any atom is 0.410 e. The zero-order chi connectivity index (χ0) is 25.0. The lowest BCUT2D eigenvalue weighted by Crippen LogP contribution is -2.51. The van der Waals surface area contributed by atoms with Crippen LogP contribution in [-0.2, 0) is 14.3 Å². The molecular formula is C24H30N4O6. The molecule has 0 atom stereocenters. The molecular weight excluding hydrogens is 440 g/mol. The minimum absolute atomic E-state index is 0.0124. The number of anilines is 1. The van der Waals surface area contributed by atoms with Crippen molar-refractivity contribution >= 4 is 40.5 Å². The molecule has 34 heavy (non-hydrogen) atoms. The Morgan fingerprint density at radius 1 is 1.03 bits per heavy atom. The standard InChI is InChI=1S/C24H30N4O6/c1-24(2,3)34-23(33)28-13-11-27(12-14-28)21(30)8-7-20(29)26(4)16-5-6-19-18(15-16)17(22(31)32)9-10-25-19/h5-6,9-10,15H,7-8,11-14H2,1-4H3,(H,31,32). The molecule has 10 heteroatoms. The molecule has 3 amide bonds.